The van der Waals surface area contributed by atoms with Gasteiger partial charge in [0.05, 0.1) is 5.56 Å². The Morgan fingerprint density at radius 3 is 2.47 bits per heavy atom. The highest BCUT2D eigenvalue weighted by molar-refractivity contribution is 5.87. The van der Waals surface area contributed by atoms with Gasteiger partial charge in [-0.15, -0.1) is 0 Å². The summed E-state index contributed by atoms with van der Waals surface area (Å²) in [6.45, 7) is 5.59. The van der Waals surface area contributed by atoms with Gasteiger partial charge in [-0.3, -0.25) is 0 Å². The average molecular weight is 405 g/mol. The molecule has 2 aliphatic rings. The van der Waals surface area contributed by atoms with Crippen LogP contribution in [-0.2, 0) is 6.42 Å². The maximum atomic E-state index is 11.0. The summed E-state index contributed by atoms with van der Waals surface area (Å²) >= 11 is 0. The molecule has 4 nitrogen and oxygen atoms in total. The minimum Gasteiger partial charge on any atom is -0.478 e. The molecule has 4 rings (SSSR count). The smallest absolute Gasteiger partial charge is 0.335 e. The van der Waals surface area contributed by atoms with Gasteiger partial charge in [-0.05, 0) is 74.9 Å². The topological polar surface area (TPSA) is 52.6 Å². The summed E-state index contributed by atoms with van der Waals surface area (Å²) in [6, 6.07) is 19.2. The maximum absolute atomic E-state index is 11.0. The number of nitrogens with zero attached hydrogens (tertiary/aromatic N) is 1. The van der Waals surface area contributed by atoms with Gasteiger partial charge in [0.1, 0.15) is 0 Å². The van der Waals surface area contributed by atoms with E-state index >= 15 is 0 Å². The Balaban J connectivity index is 1.17. The molecule has 2 unspecified atom stereocenters. The minimum absolute atomic E-state index is 0.359. The summed E-state index contributed by atoms with van der Waals surface area (Å²) in [4.78, 5) is 13.5. The molecule has 0 aromatic heterocycles. The van der Waals surface area contributed by atoms with Gasteiger partial charge in [0.2, 0.25) is 0 Å². The highest BCUT2D eigenvalue weighted by atomic mass is 16.4. The molecule has 2 aromatic carbocycles. The molecule has 2 atom stereocenters. The lowest BCUT2D eigenvalue weighted by atomic mass is 10.0. The number of hydrogen-bond donors (Lipinski definition) is 2. The lowest BCUT2D eigenvalue weighted by molar-refractivity contribution is 0.0697. The third-order valence-corrected chi connectivity index (χ3v) is 6.52. The van der Waals surface area contributed by atoms with Gasteiger partial charge in [-0.2, -0.15) is 0 Å². The zero-order valence-electron chi connectivity index (χ0n) is 17.8. The number of carbonyl (C=O) groups is 1. The van der Waals surface area contributed by atoms with Gasteiger partial charge in [0, 0.05) is 18.6 Å². The van der Waals surface area contributed by atoms with Crippen molar-refractivity contribution in [1.82, 2.24) is 10.2 Å². The van der Waals surface area contributed by atoms with E-state index in [9.17, 15) is 4.79 Å². The van der Waals surface area contributed by atoms with Gasteiger partial charge >= 0.3 is 5.97 Å². The number of rotatable bonds is 8. The molecule has 1 heterocycles. The van der Waals surface area contributed by atoms with Crippen molar-refractivity contribution in [2.75, 3.05) is 19.6 Å². The van der Waals surface area contributed by atoms with Crippen LogP contribution in [0.25, 0.3) is 6.08 Å². The SMILES string of the molecule is C/C(=C\c1ccccc1)C1CC1NC1CCN(CCc2ccc(C(=O)O)cc2)CC1. The first-order chi connectivity index (χ1) is 14.6. The molecule has 0 radical (unpaired) electrons. The Morgan fingerprint density at radius 2 is 1.80 bits per heavy atom. The first-order valence-corrected chi connectivity index (χ1v) is 11.1. The van der Waals surface area contributed by atoms with E-state index < -0.39 is 5.97 Å². The third kappa shape index (κ3) is 5.59. The number of carboxylic acid groups (broad SMARTS) is 1. The van der Waals surface area contributed by atoms with Crippen LogP contribution >= 0.6 is 0 Å². The van der Waals surface area contributed by atoms with Crippen LogP contribution in [0.2, 0.25) is 0 Å². The summed E-state index contributed by atoms with van der Waals surface area (Å²) in [7, 11) is 0. The van der Waals surface area contributed by atoms with E-state index in [-0.39, 0.29) is 0 Å². The lowest BCUT2D eigenvalue weighted by Gasteiger charge is -2.32. The molecule has 2 aromatic rings. The predicted octanol–water partition coefficient (Wildman–Crippen LogP) is 4.47. The second-order valence-electron chi connectivity index (χ2n) is 8.78. The Bertz CT molecular complexity index is 868. The van der Waals surface area contributed by atoms with Crippen LogP contribution in [0.1, 0.15) is 47.7 Å². The zero-order valence-corrected chi connectivity index (χ0v) is 17.8. The van der Waals surface area contributed by atoms with E-state index in [0.717, 1.165) is 26.1 Å². The van der Waals surface area contributed by atoms with Crippen molar-refractivity contribution in [3.63, 3.8) is 0 Å². The van der Waals surface area contributed by atoms with E-state index in [2.05, 4.69) is 53.5 Å². The Morgan fingerprint density at radius 1 is 1.10 bits per heavy atom. The summed E-state index contributed by atoms with van der Waals surface area (Å²) in [5.74, 6) is -0.170. The van der Waals surface area contributed by atoms with Gasteiger partial charge in [0.15, 0.2) is 0 Å². The standard InChI is InChI=1S/C26H32N2O2/c1-19(17-21-5-3-2-4-6-21)24-18-25(24)27-23-12-15-28(16-13-23)14-11-20-7-9-22(10-8-20)26(29)30/h2-10,17,23-25,27H,11-16,18H2,1H3,(H,29,30)/b19-17+. The van der Waals surface area contributed by atoms with Crippen LogP contribution in [0.3, 0.4) is 0 Å². The number of benzene rings is 2. The first kappa shape index (κ1) is 20.8. The molecule has 30 heavy (non-hydrogen) atoms. The predicted molar refractivity (Wildman–Crippen MR) is 122 cm³/mol. The molecule has 2 N–H and O–H groups in total. The maximum Gasteiger partial charge on any atom is 0.335 e. The third-order valence-electron chi connectivity index (χ3n) is 6.52. The molecular weight excluding hydrogens is 372 g/mol. The number of piperidine rings is 1. The Labute approximate surface area is 179 Å². The van der Waals surface area contributed by atoms with Crippen LogP contribution < -0.4 is 5.32 Å². The fourth-order valence-corrected chi connectivity index (χ4v) is 4.53. The molecular formula is C26H32N2O2. The van der Waals surface area contributed by atoms with Gasteiger partial charge in [0.25, 0.3) is 0 Å². The summed E-state index contributed by atoms with van der Waals surface area (Å²) in [6.07, 6.45) is 7.00. The second kappa shape index (κ2) is 9.59. The van der Waals surface area contributed by atoms with Gasteiger partial charge in [-0.25, -0.2) is 4.79 Å². The van der Waals surface area contributed by atoms with Crippen LogP contribution in [0.15, 0.2) is 60.2 Å². The van der Waals surface area contributed by atoms with E-state index in [1.165, 1.54) is 36.0 Å². The van der Waals surface area contributed by atoms with Crippen LogP contribution in [0, 0.1) is 5.92 Å². The van der Waals surface area contributed by atoms with E-state index in [1.54, 1.807) is 12.1 Å². The molecule has 1 aliphatic carbocycles. The molecule has 0 bridgehead atoms. The van der Waals surface area contributed by atoms with Crippen molar-refractivity contribution >= 4 is 12.0 Å². The number of hydrogen-bond acceptors (Lipinski definition) is 3. The van der Waals surface area contributed by atoms with Gasteiger partial charge in [-0.1, -0.05) is 54.1 Å². The summed E-state index contributed by atoms with van der Waals surface area (Å²) in [5.41, 5.74) is 4.36. The summed E-state index contributed by atoms with van der Waals surface area (Å²) in [5, 5.41) is 12.9. The second-order valence-corrected chi connectivity index (χ2v) is 8.78. The zero-order chi connectivity index (χ0) is 20.9. The molecule has 0 spiro atoms. The molecule has 158 valence electrons. The van der Waals surface area contributed by atoms with Crippen LogP contribution in [0.5, 0.6) is 0 Å². The molecule has 1 saturated carbocycles. The number of nitrogens with one attached hydrogen (secondary N) is 1. The molecule has 0 amide bonds. The minimum atomic E-state index is -0.861. The largest absolute Gasteiger partial charge is 0.478 e. The highest BCUT2D eigenvalue weighted by Gasteiger charge is 2.39. The molecule has 1 aliphatic heterocycles. The Hall–Kier alpha value is -2.43. The fourth-order valence-electron chi connectivity index (χ4n) is 4.53. The van der Waals surface area contributed by atoms with Crippen molar-refractivity contribution in [2.24, 2.45) is 5.92 Å². The number of carboxylic acids is 1. The average Bonchev–Trinajstić information content (AvgIpc) is 3.53. The quantitative estimate of drug-likeness (QED) is 0.681. The fraction of sp³-hybridized carbons (Fsp3) is 0.423. The molecule has 2 fully saturated rings. The van der Waals surface area contributed by atoms with E-state index in [4.69, 9.17) is 5.11 Å². The Kier molecular flexibility index (Phi) is 6.66. The van der Waals surface area contributed by atoms with Crippen LogP contribution in [-0.4, -0.2) is 47.7 Å². The monoisotopic (exact) mass is 404 g/mol. The normalized spacial score (nSPS) is 22.8. The van der Waals surface area contributed by atoms with Crippen LogP contribution in [0.4, 0.5) is 0 Å². The van der Waals surface area contributed by atoms with Crippen molar-refractivity contribution in [2.45, 2.75) is 44.7 Å². The van der Waals surface area contributed by atoms with Crippen molar-refractivity contribution in [3.8, 4) is 0 Å². The van der Waals surface area contributed by atoms with Crippen molar-refractivity contribution in [3.05, 3.63) is 76.9 Å². The number of likely N-dealkylation sites (tertiary alicyclic amines) is 1. The molecule has 4 heteroatoms. The molecule has 1 saturated heterocycles. The number of aromatic carboxylic acids is 1. The van der Waals surface area contributed by atoms with E-state index in [1.807, 2.05) is 12.1 Å². The van der Waals surface area contributed by atoms with Gasteiger partial charge < -0.3 is 15.3 Å². The van der Waals surface area contributed by atoms with E-state index in [0.29, 0.717) is 23.6 Å². The van der Waals surface area contributed by atoms with Crippen molar-refractivity contribution < 1.29 is 9.90 Å². The first-order valence-electron chi connectivity index (χ1n) is 11.1. The summed E-state index contributed by atoms with van der Waals surface area (Å²) < 4.78 is 0. The lowest BCUT2D eigenvalue weighted by Crippen LogP contribution is -2.44. The highest BCUT2D eigenvalue weighted by Crippen LogP contribution is 2.38. The van der Waals surface area contributed by atoms with Crippen molar-refractivity contribution in [1.29, 1.82) is 0 Å².